The highest BCUT2D eigenvalue weighted by molar-refractivity contribution is 9.10. The van der Waals surface area contributed by atoms with E-state index >= 15 is 0 Å². The van der Waals surface area contributed by atoms with Crippen molar-refractivity contribution in [1.29, 1.82) is 0 Å². The zero-order valence-electron chi connectivity index (χ0n) is 12.1. The maximum Gasteiger partial charge on any atom is 0.123 e. The van der Waals surface area contributed by atoms with E-state index in [0.29, 0.717) is 0 Å². The van der Waals surface area contributed by atoms with Gasteiger partial charge in [0.25, 0.3) is 0 Å². The Labute approximate surface area is 127 Å². The predicted molar refractivity (Wildman–Crippen MR) is 82.4 cm³/mol. The molecule has 0 saturated heterocycles. The maximum absolute atomic E-state index is 13.3. The van der Waals surface area contributed by atoms with Gasteiger partial charge in [-0.1, -0.05) is 6.07 Å². The zero-order valence-corrected chi connectivity index (χ0v) is 13.7. The van der Waals surface area contributed by atoms with Gasteiger partial charge in [0.05, 0.1) is 22.4 Å². The van der Waals surface area contributed by atoms with Crippen molar-refractivity contribution in [3.63, 3.8) is 0 Å². The summed E-state index contributed by atoms with van der Waals surface area (Å²) in [5.41, 5.74) is 3.03. The molecule has 0 spiro atoms. The van der Waals surface area contributed by atoms with Crippen molar-refractivity contribution in [2.45, 2.75) is 32.9 Å². The first-order chi connectivity index (χ1) is 9.45. The van der Waals surface area contributed by atoms with Gasteiger partial charge in [0, 0.05) is 6.04 Å². The second-order valence-corrected chi connectivity index (χ2v) is 5.99. The topological polar surface area (TPSA) is 29.9 Å². The molecule has 0 amide bonds. The summed E-state index contributed by atoms with van der Waals surface area (Å²) in [4.78, 5) is 0. The van der Waals surface area contributed by atoms with Crippen LogP contribution in [0.1, 0.15) is 42.8 Å². The van der Waals surface area contributed by atoms with Crippen LogP contribution in [0.4, 0.5) is 4.39 Å². The van der Waals surface area contributed by atoms with E-state index < -0.39 is 0 Å². The summed E-state index contributed by atoms with van der Waals surface area (Å²) in [6.45, 7) is 6.10. The van der Waals surface area contributed by atoms with Crippen molar-refractivity contribution in [2.24, 2.45) is 0 Å². The van der Waals surface area contributed by atoms with Crippen LogP contribution in [-0.4, -0.2) is 16.8 Å². The van der Waals surface area contributed by atoms with E-state index in [1.807, 2.05) is 24.7 Å². The number of hydrogen-bond donors (Lipinski definition) is 1. The predicted octanol–water partition coefficient (Wildman–Crippen LogP) is 3.98. The number of nitrogens with one attached hydrogen (secondary N) is 1. The fourth-order valence-electron chi connectivity index (χ4n) is 2.43. The van der Waals surface area contributed by atoms with Gasteiger partial charge in [0.1, 0.15) is 5.82 Å². The Morgan fingerprint density at radius 2 is 2.05 bits per heavy atom. The number of hydrogen-bond acceptors (Lipinski definition) is 2. The van der Waals surface area contributed by atoms with Gasteiger partial charge in [-0.2, -0.15) is 5.10 Å². The lowest BCUT2D eigenvalue weighted by atomic mass is 9.98. The van der Waals surface area contributed by atoms with Crippen molar-refractivity contribution in [1.82, 2.24) is 15.1 Å². The Bertz CT molecular complexity index is 607. The highest BCUT2D eigenvalue weighted by Gasteiger charge is 2.23. The van der Waals surface area contributed by atoms with E-state index in [2.05, 4.69) is 40.2 Å². The number of nitrogens with zero attached hydrogens (tertiary/aromatic N) is 2. The molecule has 1 unspecified atom stereocenters. The van der Waals surface area contributed by atoms with Crippen LogP contribution in [0.5, 0.6) is 0 Å². The lowest BCUT2D eigenvalue weighted by Crippen LogP contribution is -2.23. The van der Waals surface area contributed by atoms with Crippen molar-refractivity contribution in [3.05, 3.63) is 51.5 Å². The molecule has 2 rings (SSSR count). The molecule has 0 bridgehead atoms. The molecule has 0 aliphatic carbocycles. The van der Waals surface area contributed by atoms with E-state index in [1.54, 1.807) is 12.3 Å². The van der Waals surface area contributed by atoms with Crippen LogP contribution in [-0.2, 0) is 0 Å². The molecular weight excluding hydrogens is 321 g/mol. The molecule has 1 atom stereocenters. The van der Waals surface area contributed by atoms with E-state index in [1.165, 1.54) is 6.07 Å². The molecule has 1 heterocycles. The van der Waals surface area contributed by atoms with Crippen LogP contribution >= 0.6 is 15.9 Å². The largest absolute Gasteiger partial charge is 0.308 e. The molecule has 2 aromatic rings. The van der Waals surface area contributed by atoms with Crippen LogP contribution in [0.2, 0.25) is 0 Å². The van der Waals surface area contributed by atoms with Gasteiger partial charge in [-0.15, -0.1) is 0 Å². The molecule has 0 aliphatic rings. The van der Waals surface area contributed by atoms with Crippen LogP contribution in [0, 0.1) is 12.7 Å². The Balaban J connectivity index is 2.55. The highest BCUT2D eigenvalue weighted by atomic mass is 79.9. The van der Waals surface area contributed by atoms with Crippen LogP contribution in [0.15, 0.2) is 28.9 Å². The van der Waals surface area contributed by atoms with Crippen molar-refractivity contribution in [2.75, 3.05) is 7.05 Å². The fraction of sp³-hybridized carbons (Fsp3) is 0.400. The summed E-state index contributed by atoms with van der Waals surface area (Å²) in [6, 6.07) is 5.11. The minimum absolute atomic E-state index is 0.0325. The average molecular weight is 340 g/mol. The molecule has 20 heavy (non-hydrogen) atoms. The highest BCUT2D eigenvalue weighted by Crippen LogP contribution is 2.31. The Kier molecular flexibility index (Phi) is 4.60. The monoisotopic (exact) mass is 339 g/mol. The fourth-order valence-corrected chi connectivity index (χ4v) is 2.94. The molecule has 108 valence electrons. The summed E-state index contributed by atoms with van der Waals surface area (Å²) in [6.07, 6.45) is 1.80. The SMILES string of the molecule is CNC(c1ccc(F)cc1C)c1c(Br)cnn1C(C)C. The Morgan fingerprint density at radius 3 is 2.60 bits per heavy atom. The molecular formula is C15H19BrFN3. The quantitative estimate of drug-likeness (QED) is 0.912. The molecule has 0 radical (unpaired) electrons. The van der Waals surface area contributed by atoms with Gasteiger partial charge in [-0.3, -0.25) is 4.68 Å². The van der Waals surface area contributed by atoms with Crippen molar-refractivity contribution < 1.29 is 4.39 Å². The summed E-state index contributed by atoms with van der Waals surface area (Å²) >= 11 is 3.57. The minimum atomic E-state index is -0.211. The molecule has 3 nitrogen and oxygen atoms in total. The van der Waals surface area contributed by atoms with Crippen molar-refractivity contribution in [3.8, 4) is 0 Å². The summed E-state index contributed by atoms with van der Waals surface area (Å²) in [7, 11) is 1.90. The minimum Gasteiger partial charge on any atom is -0.308 e. The van der Waals surface area contributed by atoms with Crippen LogP contribution in [0.25, 0.3) is 0 Å². The van der Waals surface area contributed by atoms with Gasteiger partial charge in [0.15, 0.2) is 0 Å². The van der Waals surface area contributed by atoms with E-state index in [4.69, 9.17) is 0 Å². The standard InChI is InChI=1S/C15H19BrFN3/c1-9(2)20-15(13(16)8-19-20)14(18-4)12-6-5-11(17)7-10(12)3/h5-9,14,18H,1-4H3. The van der Waals surface area contributed by atoms with Gasteiger partial charge >= 0.3 is 0 Å². The number of aromatic nitrogens is 2. The number of benzene rings is 1. The van der Waals surface area contributed by atoms with Gasteiger partial charge < -0.3 is 5.32 Å². The second kappa shape index (κ2) is 6.06. The molecule has 1 N–H and O–H groups in total. The van der Waals surface area contributed by atoms with Crippen LogP contribution in [0.3, 0.4) is 0 Å². The molecule has 1 aromatic heterocycles. The van der Waals surface area contributed by atoms with E-state index in [-0.39, 0.29) is 17.9 Å². The maximum atomic E-state index is 13.3. The molecule has 0 aliphatic heterocycles. The first-order valence-electron chi connectivity index (χ1n) is 6.62. The van der Waals surface area contributed by atoms with Crippen LogP contribution < -0.4 is 5.32 Å². The molecule has 0 fully saturated rings. The van der Waals surface area contributed by atoms with Gasteiger partial charge in [-0.05, 0) is 67.0 Å². The lowest BCUT2D eigenvalue weighted by Gasteiger charge is -2.22. The number of aryl methyl sites for hydroxylation is 1. The normalized spacial score (nSPS) is 12.9. The Morgan fingerprint density at radius 1 is 1.35 bits per heavy atom. The van der Waals surface area contributed by atoms with E-state index in [9.17, 15) is 4.39 Å². The molecule has 0 saturated carbocycles. The first-order valence-corrected chi connectivity index (χ1v) is 7.41. The van der Waals surface area contributed by atoms with Crippen molar-refractivity contribution >= 4 is 15.9 Å². The first kappa shape index (κ1) is 15.2. The summed E-state index contributed by atoms with van der Waals surface area (Å²) in [5.74, 6) is -0.211. The third kappa shape index (κ3) is 2.79. The number of halogens is 2. The summed E-state index contributed by atoms with van der Waals surface area (Å²) in [5, 5.41) is 7.72. The van der Waals surface area contributed by atoms with Gasteiger partial charge in [0.2, 0.25) is 0 Å². The zero-order chi connectivity index (χ0) is 14.9. The smallest absolute Gasteiger partial charge is 0.123 e. The van der Waals surface area contributed by atoms with Gasteiger partial charge in [-0.25, -0.2) is 4.39 Å². The molecule has 1 aromatic carbocycles. The van der Waals surface area contributed by atoms with E-state index in [0.717, 1.165) is 21.3 Å². The summed E-state index contributed by atoms with van der Waals surface area (Å²) < 4.78 is 16.2. The third-order valence-corrected chi connectivity index (χ3v) is 3.99. The molecule has 5 heteroatoms. The Hall–Kier alpha value is -1.20. The average Bonchev–Trinajstić information content (AvgIpc) is 2.75. The third-order valence-electron chi connectivity index (χ3n) is 3.38. The lowest BCUT2D eigenvalue weighted by molar-refractivity contribution is 0.482. The number of rotatable bonds is 4. The second-order valence-electron chi connectivity index (χ2n) is 5.14.